The van der Waals surface area contributed by atoms with Gasteiger partial charge in [-0.3, -0.25) is 0 Å². The summed E-state index contributed by atoms with van der Waals surface area (Å²) in [5, 5.41) is 13.2. The van der Waals surface area contributed by atoms with E-state index in [1.807, 2.05) is 49.4 Å². The number of carboxylic acids is 1. The first-order valence-corrected chi connectivity index (χ1v) is 8.84. The Morgan fingerprint density at radius 2 is 1.78 bits per heavy atom. The van der Waals surface area contributed by atoms with E-state index in [1.54, 1.807) is 19.1 Å². The fraction of sp³-hybridized carbons (Fsp3) is 0.333. The van der Waals surface area contributed by atoms with Crippen molar-refractivity contribution in [2.24, 2.45) is 5.16 Å². The molecule has 1 unspecified atom stereocenters. The normalized spacial score (nSPS) is 12.4. The Balaban J connectivity index is 1.78. The van der Waals surface area contributed by atoms with E-state index < -0.39 is 12.1 Å². The highest BCUT2D eigenvalue weighted by molar-refractivity contribution is 5.82. The minimum absolute atomic E-state index is 0.310. The zero-order valence-electron chi connectivity index (χ0n) is 15.6. The van der Waals surface area contributed by atoms with E-state index in [0.29, 0.717) is 32.0 Å². The second-order valence-electron chi connectivity index (χ2n) is 6.00. The van der Waals surface area contributed by atoms with Crippen LogP contribution in [-0.2, 0) is 27.4 Å². The van der Waals surface area contributed by atoms with Gasteiger partial charge in [-0.2, -0.15) is 0 Å². The molecular formula is C21H25NO5. The van der Waals surface area contributed by atoms with E-state index in [1.165, 1.54) is 0 Å². The lowest BCUT2D eigenvalue weighted by atomic mass is 10.1. The second-order valence-corrected chi connectivity index (χ2v) is 6.00. The molecule has 144 valence electrons. The smallest absolute Gasteiger partial charge is 0.333 e. The minimum Gasteiger partial charge on any atom is -0.488 e. The first-order valence-electron chi connectivity index (χ1n) is 8.84. The van der Waals surface area contributed by atoms with Crippen molar-refractivity contribution in [3.05, 3.63) is 65.7 Å². The van der Waals surface area contributed by atoms with Gasteiger partial charge in [-0.05, 0) is 37.1 Å². The fourth-order valence-electron chi connectivity index (χ4n) is 2.36. The van der Waals surface area contributed by atoms with Gasteiger partial charge < -0.3 is 19.4 Å². The molecule has 1 N–H and O–H groups in total. The topological polar surface area (TPSA) is 77.3 Å². The molecular weight excluding hydrogens is 346 g/mol. The van der Waals surface area contributed by atoms with Crippen LogP contribution in [-0.4, -0.2) is 36.1 Å². The van der Waals surface area contributed by atoms with Crippen LogP contribution >= 0.6 is 0 Å². The monoisotopic (exact) mass is 371 g/mol. The summed E-state index contributed by atoms with van der Waals surface area (Å²) in [7, 11) is 0. The van der Waals surface area contributed by atoms with Crippen LogP contribution in [0.5, 0.6) is 5.75 Å². The first-order chi connectivity index (χ1) is 13.1. The number of rotatable bonds is 11. The van der Waals surface area contributed by atoms with Crippen LogP contribution in [0.2, 0.25) is 0 Å². The van der Waals surface area contributed by atoms with Crippen LogP contribution in [0.25, 0.3) is 0 Å². The number of ether oxygens (including phenoxy) is 2. The summed E-state index contributed by atoms with van der Waals surface area (Å²) < 4.78 is 10.9. The van der Waals surface area contributed by atoms with Gasteiger partial charge in [0.25, 0.3) is 0 Å². The largest absolute Gasteiger partial charge is 0.488 e. The average Bonchev–Trinajstić information content (AvgIpc) is 2.68. The maximum atomic E-state index is 11.1. The summed E-state index contributed by atoms with van der Waals surface area (Å²) in [6.07, 6.45) is -0.519. The molecule has 0 heterocycles. The molecule has 0 amide bonds. The molecule has 0 radical (unpaired) electrons. The summed E-state index contributed by atoms with van der Waals surface area (Å²) in [5.74, 6) is -0.279. The molecule has 0 aromatic heterocycles. The standard InChI is InChI=1S/C21H25NO5/c1-3-25-20(21(23)24)13-17-9-11-19(12-10-17)26-14-16(2)22-27-15-18-7-5-4-6-8-18/h4-12,20H,3,13-15H2,1-2H3,(H,23,24). The van der Waals surface area contributed by atoms with Crippen LogP contribution in [0.15, 0.2) is 59.8 Å². The highest BCUT2D eigenvalue weighted by atomic mass is 16.6. The van der Waals surface area contributed by atoms with Crippen molar-refractivity contribution in [1.29, 1.82) is 0 Å². The number of nitrogens with zero attached hydrogens (tertiary/aromatic N) is 1. The third-order valence-electron chi connectivity index (χ3n) is 3.73. The van der Waals surface area contributed by atoms with Crippen molar-refractivity contribution in [2.45, 2.75) is 33.0 Å². The number of aliphatic carboxylic acids is 1. The molecule has 1 atom stereocenters. The maximum Gasteiger partial charge on any atom is 0.333 e. The molecule has 0 aliphatic carbocycles. The van der Waals surface area contributed by atoms with Crippen LogP contribution < -0.4 is 4.74 Å². The van der Waals surface area contributed by atoms with Crippen LogP contribution in [0, 0.1) is 0 Å². The van der Waals surface area contributed by atoms with Crippen molar-refractivity contribution in [3.8, 4) is 5.75 Å². The lowest BCUT2D eigenvalue weighted by Crippen LogP contribution is -2.26. The summed E-state index contributed by atoms with van der Waals surface area (Å²) in [6, 6.07) is 17.1. The van der Waals surface area contributed by atoms with Gasteiger partial charge in [0, 0.05) is 13.0 Å². The van der Waals surface area contributed by atoms with Gasteiger partial charge in [0.15, 0.2) is 6.10 Å². The first kappa shape index (κ1) is 20.5. The molecule has 2 aromatic carbocycles. The summed E-state index contributed by atoms with van der Waals surface area (Å²) in [4.78, 5) is 16.5. The molecule has 0 fully saturated rings. The average molecular weight is 371 g/mol. The summed E-state index contributed by atoms with van der Waals surface area (Å²) >= 11 is 0. The van der Waals surface area contributed by atoms with Gasteiger partial charge in [-0.15, -0.1) is 0 Å². The second kappa shape index (κ2) is 11.0. The fourth-order valence-corrected chi connectivity index (χ4v) is 2.36. The number of carboxylic acid groups (broad SMARTS) is 1. The molecule has 6 heteroatoms. The molecule has 2 rings (SSSR count). The van der Waals surface area contributed by atoms with Gasteiger partial charge in [0.2, 0.25) is 0 Å². The van der Waals surface area contributed by atoms with Crippen LogP contribution in [0.1, 0.15) is 25.0 Å². The van der Waals surface area contributed by atoms with E-state index in [0.717, 1.165) is 16.8 Å². The Labute approximate surface area is 159 Å². The number of benzene rings is 2. The molecule has 0 saturated carbocycles. The van der Waals surface area contributed by atoms with E-state index >= 15 is 0 Å². The predicted molar refractivity (Wildman–Crippen MR) is 103 cm³/mol. The Bertz CT molecular complexity index is 728. The molecule has 2 aromatic rings. The SMILES string of the molecule is CCOC(Cc1ccc(OCC(C)=NOCc2ccccc2)cc1)C(=O)O. The summed E-state index contributed by atoms with van der Waals surface area (Å²) in [6.45, 7) is 4.70. The van der Waals surface area contributed by atoms with E-state index in [-0.39, 0.29) is 0 Å². The van der Waals surface area contributed by atoms with Crippen molar-refractivity contribution in [2.75, 3.05) is 13.2 Å². The lowest BCUT2D eigenvalue weighted by Gasteiger charge is -2.13. The van der Waals surface area contributed by atoms with Gasteiger partial charge in [0.1, 0.15) is 19.0 Å². The van der Waals surface area contributed by atoms with Crippen LogP contribution in [0.3, 0.4) is 0 Å². The Morgan fingerprint density at radius 3 is 2.41 bits per heavy atom. The van der Waals surface area contributed by atoms with Gasteiger partial charge in [0.05, 0.1) is 5.71 Å². The highest BCUT2D eigenvalue weighted by Gasteiger charge is 2.17. The number of carbonyl (C=O) groups is 1. The van der Waals surface area contributed by atoms with Crippen LogP contribution in [0.4, 0.5) is 0 Å². The molecule has 27 heavy (non-hydrogen) atoms. The van der Waals surface area contributed by atoms with Crippen molar-refractivity contribution < 1.29 is 24.2 Å². The minimum atomic E-state index is -0.959. The van der Waals surface area contributed by atoms with E-state index in [9.17, 15) is 4.79 Å². The molecule has 0 aliphatic heterocycles. The van der Waals surface area contributed by atoms with Gasteiger partial charge in [-0.1, -0.05) is 47.6 Å². The molecule has 0 spiro atoms. The zero-order valence-corrected chi connectivity index (χ0v) is 15.6. The Kier molecular flexibility index (Phi) is 8.32. The third kappa shape index (κ3) is 7.50. The van der Waals surface area contributed by atoms with Crippen molar-refractivity contribution in [1.82, 2.24) is 0 Å². The molecule has 6 nitrogen and oxygen atoms in total. The molecule has 0 aliphatic rings. The molecule has 0 saturated heterocycles. The van der Waals surface area contributed by atoms with Gasteiger partial charge >= 0.3 is 5.97 Å². The number of oxime groups is 1. The lowest BCUT2D eigenvalue weighted by molar-refractivity contribution is -0.149. The Morgan fingerprint density at radius 1 is 1.07 bits per heavy atom. The predicted octanol–water partition coefficient (Wildman–Crippen LogP) is 3.69. The summed E-state index contributed by atoms with van der Waals surface area (Å²) in [5.41, 5.74) is 2.65. The maximum absolute atomic E-state index is 11.1. The molecule has 0 bridgehead atoms. The van der Waals surface area contributed by atoms with Crippen molar-refractivity contribution in [3.63, 3.8) is 0 Å². The van der Waals surface area contributed by atoms with Crippen molar-refractivity contribution >= 4 is 11.7 Å². The van der Waals surface area contributed by atoms with Gasteiger partial charge in [-0.25, -0.2) is 4.79 Å². The number of hydrogen-bond donors (Lipinski definition) is 1. The highest BCUT2D eigenvalue weighted by Crippen LogP contribution is 2.14. The quantitative estimate of drug-likeness (QED) is 0.481. The van der Waals surface area contributed by atoms with E-state index in [4.69, 9.17) is 19.4 Å². The Hall–Kier alpha value is -2.86. The van der Waals surface area contributed by atoms with E-state index in [2.05, 4.69) is 5.16 Å². The number of hydrogen-bond acceptors (Lipinski definition) is 5. The third-order valence-corrected chi connectivity index (χ3v) is 3.73. The zero-order chi connectivity index (χ0) is 19.5.